The second-order valence-corrected chi connectivity index (χ2v) is 8.63. The first kappa shape index (κ1) is 19.2. The van der Waals surface area contributed by atoms with E-state index < -0.39 is 10.0 Å². The normalized spacial score (nSPS) is 16.0. The van der Waals surface area contributed by atoms with E-state index in [0.29, 0.717) is 24.5 Å². The van der Waals surface area contributed by atoms with Crippen LogP contribution in [0.3, 0.4) is 0 Å². The Morgan fingerprint density at radius 3 is 2.46 bits per heavy atom. The van der Waals surface area contributed by atoms with Gasteiger partial charge in [-0.05, 0) is 43.4 Å². The molecule has 2 rings (SSSR count). The molecule has 0 aliphatic carbocycles. The summed E-state index contributed by atoms with van der Waals surface area (Å²) in [6.45, 7) is 1.40. The van der Waals surface area contributed by atoms with Gasteiger partial charge in [0.15, 0.2) is 0 Å². The molecule has 1 amide bonds. The summed E-state index contributed by atoms with van der Waals surface area (Å²) in [6, 6.07) is 7.57. The van der Waals surface area contributed by atoms with Gasteiger partial charge in [-0.1, -0.05) is 30.2 Å². The van der Waals surface area contributed by atoms with E-state index in [1.807, 2.05) is 24.3 Å². The predicted molar refractivity (Wildman–Crippen MR) is 96.6 cm³/mol. The lowest BCUT2D eigenvalue weighted by atomic mass is 10.1. The molecule has 0 bridgehead atoms. The third kappa shape index (κ3) is 6.42. The van der Waals surface area contributed by atoms with Crippen LogP contribution in [-0.4, -0.2) is 44.0 Å². The van der Waals surface area contributed by atoms with Crippen molar-refractivity contribution in [3.63, 3.8) is 0 Å². The number of nitrogens with one attached hydrogen (secondary N) is 1. The Morgan fingerprint density at radius 1 is 1.12 bits per heavy atom. The smallest absolute Gasteiger partial charge is 0.220 e. The molecule has 1 aromatic rings. The average molecular weight is 373 g/mol. The topological polar surface area (TPSA) is 66.5 Å². The van der Waals surface area contributed by atoms with Crippen LogP contribution in [0.1, 0.15) is 37.7 Å². The zero-order valence-electron chi connectivity index (χ0n) is 13.8. The Bertz CT molecular complexity index is 626. The highest BCUT2D eigenvalue weighted by molar-refractivity contribution is 7.89. The standard InChI is InChI=1S/C17H25ClN2O3S/c18-16-9-7-15(8-10-16)5-4-6-17(21)19-11-14-24(22,23)20-12-2-1-3-13-20/h7-10H,1-6,11-14H2,(H,19,21). The summed E-state index contributed by atoms with van der Waals surface area (Å²) in [4.78, 5) is 11.8. The maximum atomic E-state index is 12.2. The zero-order chi connectivity index (χ0) is 17.4. The quantitative estimate of drug-likeness (QED) is 0.762. The van der Waals surface area contributed by atoms with Crippen molar-refractivity contribution in [2.75, 3.05) is 25.4 Å². The third-order valence-corrected chi connectivity index (χ3v) is 6.30. The second-order valence-electron chi connectivity index (χ2n) is 6.11. The first-order chi connectivity index (χ1) is 11.5. The maximum Gasteiger partial charge on any atom is 0.220 e. The van der Waals surface area contributed by atoms with Gasteiger partial charge in [0.25, 0.3) is 0 Å². The van der Waals surface area contributed by atoms with E-state index in [2.05, 4.69) is 5.32 Å². The molecular weight excluding hydrogens is 348 g/mol. The number of benzene rings is 1. The van der Waals surface area contributed by atoms with Crippen LogP contribution in [0.25, 0.3) is 0 Å². The van der Waals surface area contributed by atoms with Gasteiger partial charge in [0.1, 0.15) is 0 Å². The highest BCUT2D eigenvalue weighted by Crippen LogP contribution is 2.13. The van der Waals surface area contributed by atoms with Crippen molar-refractivity contribution in [3.05, 3.63) is 34.9 Å². The van der Waals surface area contributed by atoms with Gasteiger partial charge in [0.2, 0.25) is 15.9 Å². The van der Waals surface area contributed by atoms with Crippen molar-refractivity contribution in [1.82, 2.24) is 9.62 Å². The number of nitrogens with zero attached hydrogens (tertiary/aromatic N) is 1. The molecule has 1 N–H and O–H groups in total. The molecule has 0 atom stereocenters. The van der Waals surface area contributed by atoms with Crippen LogP contribution in [0.5, 0.6) is 0 Å². The molecule has 5 nitrogen and oxygen atoms in total. The highest BCUT2D eigenvalue weighted by Gasteiger charge is 2.23. The molecule has 0 aromatic heterocycles. The number of amides is 1. The van der Waals surface area contributed by atoms with Gasteiger partial charge in [0, 0.05) is 31.1 Å². The van der Waals surface area contributed by atoms with Crippen molar-refractivity contribution in [2.24, 2.45) is 0 Å². The molecule has 134 valence electrons. The molecule has 0 spiro atoms. The lowest BCUT2D eigenvalue weighted by Gasteiger charge is -2.25. The number of piperidine rings is 1. The van der Waals surface area contributed by atoms with E-state index in [9.17, 15) is 13.2 Å². The first-order valence-electron chi connectivity index (χ1n) is 8.46. The van der Waals surface area contributed by atoms with E-state index in [0.717, 1.165) is 37.7 Å². The van der Waals surface area contributed by atoms with Crippen LogP contribution >= 0.6 is 11.6 Å². The maximum absolute atomic E-state index is 12.2. The fourth-order valence-corrected chi connectivity index (χ4v) is 4.34. The van der Waals surface area contributed by atoms with Crippen LogP contribution in [0.4, 0.5) is 0 Å². The molecule has 0 unspecified atom stereocenters. The number of sulfonamides is 1. The Morgan fingerprint density at radius 2 is 1.79 bits per heavy atom. The summed E-state index contributed by atoms with van der Waals surface area (Å²) < 4.78 is 25.9. The van der Waals surface area contributed by atoms with Gasteiger partial charge in [-0.2, -0.15) is 0 Å². The second kappa shape index (κ2) is 9.39. The van der Waals surface area contributed by atoms with E-state index in [-0.39, 0.29) is 18.2 Å². The minimum absolute atomic E-state index is 0.0179. The van der Waals surface area contributed by atoms with Gasteiger partial charge in [0.05, 0.1) is 5.75 Å². The van der Waals surface area contributed by atoms with Gasteiger partial charge < -0.3 is 5.32 Å². The molecule has 1 fully saturated rings. The summed E-state index contributed by atoms with van der Waals surface area (Å²) in [5.74, 6) is -0.117. The molecule has 0 radical (unpaired) electrons. The summed E-state index contributed by atoms with van der Waals surface area (Å²) >= 11 is 5.83. The van der Waals surface area contributed by atoms with E-state index in [1.165, 1.54) is 0 Å². The molecule has 1 aliphatic heterocycles. The Balaban J connectivity index is 1.63. The van der Waals surface area contributed by atoms with E-state index >= 15 is 0 Å². The number of rotatable bonds is 8. The average Bonchev–Trinajstić information content (AvgIpc) is 2.57. The van der Waals surface area contributed by atoms with Crippen molar-refractivity contribution < 1.29 is 13.2 Å². The summed E-state index contributed by atoms with van der Waals surface area (Å²) in [5, 5.41) is 3.41. The fourth-order valence-electron chi connectivity index (χ4n) is 2.78. The van der Waals surface area contributed by atoms with Gasteiger partial charge in [-0.3, -0.25) is 4.79 Å². The van der Waals surface area contributed by atoms with Crippen LogP contribution in [0, 0.1) is 0 Å². The molecular formula is C17H25ClN2O3S. The molecule has 24 heavy (non-hydrogen) atoms. The van der Waals surface area contributed by atoms with Gasteiger partial charge in [-0.25, -0.2) is 12.7 Å². The highest BCUT2D eigenvalue weighted by atomic mass is 35.5. The minimum atomic E-state index is -3.24. The van der Waals surface area contributed by atoms with Gasteiger partial charge >= 0.3 is 0 Å². The third-order valence-electron chi connectivity index (χ3n) is 4.17. The lowest BCUT2D eigenvalue weighted by molar-refractivity contribution is -0.121. The van der Waals surface area contributed by atoms with E-state index in [4.69, 9.17) is 11.6 Å². The predicted octanol–water partition coefficient (Wildman–Crippen LogP) is 2.59. The Kier molecular flexibility index (Phi) is 7.52. The van der Waals surface area contributed by atoms with Crippen LogP contribution in [0.15, 0.2) is 24.3 Å². The number of carbonyl (C=O) groups is 1. The number of aryl methyl sites for hydroxylation is 1. The number of hydrogen-bond donors (Lipinski definition) is 1. The number of carbonyl (C=O) groups excluding carboxylic acids is 1. The van der Waals surface area contributed by atoms with Crippen molar-refractivity contribution in [1.29, 1.82) is 0 Å². The summed E-state index contributed by atoms with van der Waals surface area (Å²) in [7, 11) is -3.24. The zero-order valence-corrected chi connectivity index (χ0v) is 15.4. The molecule has 1 heterocycles. The summed E-state index contributed by atoms with van der Waals surface area (Å²) in [6.07, 6.45) is 4.87. The Labute approximate surface area is 149 Å². The fraction of sp³-hybridized carbons (Fsp3) is 0.588. The molecule has 1 aliphatic rings. The van der Waals surface area contributed by atoms with Crippen LogP contribution in [0.2, 0.25) is 5.02 Å². The summed E-state index contributed by atoms with van der Waals surface area (Å²) in [5.41, 5.74) is 1.14. The number of hydrogen-bond acceptors (Lipinski definition) is 3. The first-order valence-corrected chi connectivity index (χ1v) is 10.4. The number of halogens is 1. The lowest BCUT2D eigenvalue weighted by Crippen LogP contribution is -2.40. The molecule has 0 saturated carbocycles. The largest absolute Gasteiger partial charge is 0.355 e. The van der Waals surface area contributed by atoms with Crippen LogP contribution < -0.4 is 5.32 Å². The SMILES string of the molecule is O=C(CCCc1ccc(Cl)cc1)NCCS(=O)(=O)N1CCCCC1. The van der Waals surface area contributed by atoms with Gasteiger partial charge in [-0.15, -0.1) is 0 Å². The van der Waals surface area contributed by atoms with Crippen molar-refractivity contribution >= 4 is 27.5 Å². The molecule has 7 heteroatoms. The Hall–Kier alpha value is -1.11. The minimum Gasteiger partial charge on any atom is -0.355 e. The monoisotopic (exact) mass is 372 g/mol. The molecule has 1 saturated heterocycles. The van der Waals surface area contributed by atoms with Crippen molar-refractivity contribution in [2.45, 2.75) is 38.5 Å². The van der Waals surface area contributed by atoms with Crippen LogP contribution in [-0.2, 0) is 21.2 Å². The van der Waals surface area contributed by atoms with Crippen molar-refractivity contribution in [3.8, 4) is 0 Å². The van der Waals surface area contributed by atoms with E-state index in [1.54, 1.807) is 4.31 Å². The molecule has 1 aromatic carbocycles.